The maximum atomic E-state index is 10.1. The van der Waals surface area contributed by atoms with Gasteiger partial charge in [-0.25, -0.2) is 0 Å². The van der Waals surface area contributed by atoms with Gasteiger partial charge in [0.05, 0.1) is 6.10 Å². The van der Waals surface area contributed by atoms with E-state index in [9.17, 15) is 9.90 Å². The second-order valence-corrected chi connectivity index (χ2v) is 2.82. The lowest BCUT2D eigenvalue weighted by Gasteiger charge is -2.05. The number of rotatable bonds is 7. The number of carboxylic acids is 1. The lowest BCUT2D eigenvalue weighted by atomic mass is 10.1. The highest BCUT2D eigenvalue weighted by molar-refractivity contribution is 5.66. The number of aliphatic hydroxyl groups is 1. The van der Waals surface area contributed by atoms with E-state index in [1.54, 1.807) is 6.08 Å². The molecule has 0 aliphatic heterocycles. The molecule has 0 aromatic rings. The van der Waals surface area contributed by atoms with Crippen molar-refractivity contribution in [3.8, 4) is 0 Å². The van der Waals surface area contributed by atoms with Crippen LogP contribution in [-0.4, -0.2) is 22.3 Å². The Morgan fingerprint density at radius 1 is 1.50 bits per heavy atom. The molecule has 0 unspecified atom stereocenters. The van der Waals surface area contributed by atoms with Crippen LogP contribution in [0, 0.1) is 0 Å². The molecule has 1 atom stereocenters. The number of aliphatic carboxylic acids is 1. The second kappa shape index (κ2) is 6.85. The third kappa shape index (κ3) is 7.28. The van der Waals surface area contributed by atoms with Crippen LogP contribution in [0.3, 0.4) is 0 Å². The number of hydrogen-bond donors (Lipinski definition) is 2. The van der Waals surface area contributed by atoms with Crippen LogP contribution in [0.2, 0.25) is 0 Å². The van der Waals surface area contributed by atoms with E-state index in [4.69, 9.17) is 5.11 Å². The predicted molar refractivity (Wildman–Crippen MR) is 46.9 cm³/mol. The zero-order valence-corrected chi connectivity index (χ0v) is 7.20. The van der Waals surface area contributed by atoms with E-state index in [2.05, 4.69) is 6.58 Å². The van der Waals surface area contributed by atoms with Crippen molar-refractivity contribution in [2.45, 2.75) is 38.2 Å². The fraction of sp³-hybridized carbons (Fsp3) is 0.667. The Balaban J connectivity index is 3.18. The minimum absolute atomic E-state index is 0.195. The molecule has 0 aliphatic rings. The zero-order valence-electron chi connectivity index (χ0n) is 7.20. The summed E-state index contributed by atoms with van der Waals surface area (Å²) < 4.78 is 0. The Bertz CT molecular complexity index is 143. The van der Waals surface area contributed by atoms with Gasteiger partial charge in [-0.3, -0.25) is 4.79 Å². The number of hydrogen-bond acceptors (Lipinski definition) is 2. The SMILES string of the molecule is C=CC[C@H](O)CCCCC(=O)O. The molecule has 12 heavy (non-hydrogen) atoms. The maximum Gasteiger partial charge on any atom is 0.303 e. The molecule has 0 aromatic heterocycles. The summed E-state index contributed by atoms with van der Waals surface area (Å²) in [7, 11) is 0. The molecular formula is C9H16O3. The Kier molecular flexibility index (Phi) is 6.38. The first kappa shape index (κ1) is 11.2. The van der Waals surface area contributed by atoms with Gasteiger partial charge >= 0.3 is 5.97 Å². The molecule has 0 amide bonds. The van der Waals surface area contributed by atoms with Gasteiger partial charge in [0, 0.05) is 6.42 Å². The molecule has 70 valence electrons. The number of unbranched alkanes of at least 4 members (excludes halogenated alkanes) is 1. The zero-order chi connectivity index (χ0) is 9.40. The standard InChI is InChI=1S/C9H16O3/c1-2-5-8(10)6-3-4-7-9(11)12/h2,8,10H,1,3-7H2,(H,11,12)/t8-/m0/s1. The van der Waals surface area contributed by atoms with Gasteiger partial charge < -0.3 is 10.2 Å². The Morgan fingerprint density at radius 2 is 2.17 bits per heavy atom. The van der Waals surface area contributed by atoms with E-state index in [-0.39, 0.29) is 12.5 Å². The van der Waals surface area contributed by atoms with Crippen molar-refractivity contribution in [2.24, 2.45) is 0 Å². The van der Waals surface area contributed by atoms with E-state index < -0.39 is 5.97 Å². The first-order chi connectivity index (χ1) is 5.66. The van der Waals surface area contributed by atoms with E-state index in [0.717, 1.165) is 6.42 Å². The molecular weight excluding hydrogens is 156 g/mol. The molecule has 0 bridgehead atoms. The molecule has 0 fully saturated rings. The van der Waals surface area contributed by atoms with Crippen molar-refractivity contribution < 1.29 is 15.0 Å². The van der Waals surface area contributed by atoms with Gasteiger partial charge in [0.1, 0.15) is 0 Å². The summed E-state index contributed by atoms with van der Waals surface area (Å²) in [5, 5.41) is 17.5. The minimum atomic E-state index is -0.770. The van der Waals surface area contributed by atoms with Crippen LogP contribution in [0.4, 0.5) is 0 Å². The summed E-state index contributed by atoms with van der Waals surface area (Å²) in [6.45, 7) is 3.50. The summed E-state index contributed by atoms with van der Waals surface area (Å²) in [5.74, 6) is -0.770. The van der Waals surface area contributed by atoms with Crippen LogP contribution in [-0.2, 0) is 4.79 Å². The van der Waals surface area contributed by atoms with Gasteiger partial charge in [-0.15, -0.1) is 6.58 Å². The monoisotopic (exact) mass is 172 g/mol. The molecule has 0 heterocycles. The first-order valence-corrected chi connectivity index (χ1v) is 4.17. The lowest BCUT2D eigenvalue weighted by Crippen LogP contribution is -2.04. The molecule has 0 spiro atoms. The normalized spacial score (nSPS) is 12.4. The van der Waals surface area contributed by atoms with E-state index >= 15 is 0 Å². The van der Waals surface area contributed by atoms with Gasteiger partial charge in [0.15, 0.2) is 0 Å². The highest BCUT2D eigenvalue weighted by Crippen LogP contribution is 2.06. The van der Waals surface area contributed by atoms with E-state index in [0.29, 0.717) is 19.3 Å². The number of carbonyl (C=O) groups is 1. The van der Waals surface area contributed by atoms with Crippen molar-refractivity contribution >= 4 is 5.97 Å². The van der Waals surface area contributed by atoms with Gasteiger partial charge in [0.25, 0.3) is 0 Å². The molecule has 0 radical (unpaired) electrons. The summed E-state index contributed by atoms with van der Waals surface area (Å²) in [4.78, 5) is 10.1. The van der Waals surface area contributed by atoms with Crippen LogP contribution in [0.1, 0.15) is 32.1 Å². The minimum Gasteiger partial charge on any atom is -0.481 e. The van der Waals surface area contributed by atoms with Crippen molar-refractivity contribution in [1.29, 1.82) is 0 Å². The summed E-state index contributed by atoms with van der Waals surface area (Å²) in [6.07, 6.45) is 4.18. The molecule has 2 N–H and O–H groups in total. The van der Waals surface area contributed by atoms with Gasteiger partial charge in [-0.2, -0.15) is 0 Å². The summed E-state index contributed by atoms with van der Waals surface area (Å²) in [5.41, 5.74) is 0. The molecule has 3 heteroatoms. The van der Waals surface area contributed by atoms with Crippen LogP contribution < -0.4 is 0 Å². The number of carboxylic acid groups (broad SMARTS) is 1. The maximum absolute atomic E-state index is 10.1. The smallest absolute Gasteiger partial charge is 0.303 e. The fourth-order valence-electron chi connectivity index (χ4n) is 0.966. The Hall–Kier alpha value is -0.830. The lowest BCUT2D eigenvalue weighted by molar-refractivity contribution is -0.137. The van der Waals surface area contributed by atoms with Gasteiger partial charge in [-0.1, -0.05) is 12.5 Å². The van der Waals surface area contributed by atoms with E-state index in [1.807, 2.05) is 0 Å². The third-order valence-electron chi connectivity index (χ3n) is 1.62. The van der Waals surface area contributed by atoms with Crippen molar-refractivity contribution in [2.75, 3.05) is 0 Å². The van der Waals surface area contributed by atoms with Gasteiger partial charge in [0.2, 0.25) is 0 Å². The highest BCUT2D eigenvalue weighted by atomic mass is 16.4. The van der Waals surface area contributed by atoms with E-state index in [1.165, 1.54) is 0 Å². The molecule has 0 saturated heterocycles. The molecule has 0 aromatic carbocycles. The van der Waals surface area contributed by atoms with Crippen molar-refractivity contribution in [3.63, 3.8) is 0 Å². The Labute approximate surface area is 72.7 Å². The van der Waals surface area contributed by atoms with Crippen LogP contribution in [0.15, 0.2) is 12.7 Å². The van der Waals surface area contributed by atoms with Crippen LogP contribution in [0.5, 0.6) is 0 Å². The van der Waals surface area contributed by atoms with Crippen molar-refractivity contribution in [3.05, 3.63) is 12.7 Å². The summed E-state index contributed by atoms with van der Waals surface area (Å²) in [6, 6.07) is 0. The average molecular weight is 172 g/mol. The first-order valence-electron chi connectivity index (χ1n) is 4.17. The van der Waals surface area contributed by atoms with Crippen LogP contribution >= 0.6 is 0 Å². The topological polar surface area (TPSA) is 57.5 Å². The largest absolute Gasteiger partial charge is 0.481 e. The van der Waals surface area contributed by atoms with Gasteiger partial charge in [-0.05, 0) is 19.3 Å². The molecule has 0 saturated carbocycles. The molecule has 3 nitrogen and oxygen atoms in total. The third-order valence-corrected chi connectivity index (χ3v) is 1.62. The van der Waals surface area contributed by atoms with Crippen molar-refractivity contribution in [1.82, 2.24) is 0 Å². The number of aliphatic hydroxyl groups excluding tert-OH is 1. The quantitative estimate of drug-likeness (QED) is 0.452. The fourth-order valence-corrected chi connectivity index (χ4v) is 0.966. The summed E-state index contributed by atoms with van der Waals surface area (Å²) >= 11 is 0. The molecule has 0 rings (SSSR count). The second-order valence-electron chi connectivity index (χ2n) is 2.82. The highest BCUT2D eigenvalue weighted by Gasteiger charge is 2.02. The molecule has 0 aliphatic carbocycles. The average Bonchev–Trinajstić information content (AvgIpc) is 1.98. The van der Waals surface area contributed by atoms with Crippen LogP contribution in [0.25, 0.3) is 0 Å². The Morgan fingerprint density at radius 3 is 2.67 bits per heavy atom. The predicted octanol–water partition coefficient (Wildman–Crippen LogP) is 1.57.